The van der Waals surface area contributed by atoms with Crippen LogP contribution in [0.2, 0.25) is 0 Å². The molecular weight excluding hydrogens is 478 g/mol. The van der Waals surface area contributed by atoms with Gasteiger partial charge in [0, 0.05) is 74.3 Å². The van der Waals surface area contributed by atoms with Crippen molar-refractivity contribution in [2.45, 2.75) is 45.7 Å². The number of amides is 1. The number of benzene rings is 1. The maximum Gasteiger partial charge on any atom is 0.255 e. The second-order valence-electron chi connectivity index (χ2n) is 9.93. The van der Waals surface area contributed by atoms with Gasteiger partial charge in [-0.3, -0.25) is 9.78 Å². The SMILES string of the molecule is COc1cc(Cn2ccnc2C2CCN(C(=O)c3cc(C)n(Cc4ccncc4)c3C)CC2)cc(OC)c1. The number of aryl methyl sites for hydroxylation is 1. The zero-order valence-electron chi connectivity index (χ0n) is 22.6. The number of hydrogen-bond acceptors (Lipinski definition) is 5. The molecule has 1 aliphatic heterocycles. The monoisotopic (exact) mass is 513 g/mol. The van der Waals surface area contributed by atoms with Crippen molar-refractivity contribution in [2.24, 2.45) is 0 Å². The van der Waals surface area contributed by atoms with Crippen LogP contribution in [0.5, 0.6) is 11.5 Å². The number of likely N-dealkylation sites (tertiary alicyclic amines) is 1. The number of ether oxygens (including phenoxy) is 2. The third-order valence-corrected chi connectivity index (χ3v) is 7.55. The molecule has 4 heterocycles. The van der Waals surface area contributed by atoms with E-state index in [9.17, 15) is 4.79 Å². The highest BCUT2D eigenvalue weighted by Gasteiger charge is 2.29. The molecule has 3 aromatic heterocycles. The summed E-state index contributed by atoms with van der Waals surface area (Å²) in [6.45, 7) is 6.96. The van der Waals surface area contributed by atoms with E-state index in [-0.39, 0.29) is 5.91 Å². The van der Waals surface area contributed by atoms with Crippen LogP contribution in [0.25, 0.3) is 0 Å². The fourth-order valence-electron chi connectivity index (χ4n) is 5.41. The summed E-state index contributed by atoms with van der Waals surface area (Å²) in [5, 5.41) is 0. The van der Waals surface area contributed by atoms with E-state index in [1.807, 2.05) is 60.6 Å². The van der Waals surface area contributed by atoms with Crippen LogP contribution in [0.15, 0.2) is 61.2 Å². The van der Waals surface area contributed by atoms with Gasteiger partial charge in [0.15, 0.2) is 0 Å². The van der Waals surface area contributed by atoms with Gasteiger partial charge >= 0.3 is 0 Å². The molecule has 0 atom stereocenters. The Balaban J connectivity index is 1.25. The van der Waals surface area contributed by atoms with E-state index in [0.717, 1.165) is 72.3 Å². The van der Waals surface area contributed by atoms with Gasteiger partial charge in [0.1, 0.15) is 17.3 Å². The van der Waals surface area contributed by atoms with Gasteiger partial charge in [-0.25, -0.2) is 4.98 Å². The Morgan fingerprint density at radius 1 is 0.921 bits per heavy atom. The van der Waals surface area contributed by atoms with Gasteiger partial charge in [-0.15, -0.1) is 0 Å². The molecule has 1 amide bonds. The van der Waals surface area contributed by atoms with Crippen molar-refractivity contribution < 1.29 is 14.3 Å². The fourth-order valence-corrected chi connectivity index (χ4v) is 5.41. The molecule has 0 unspecified atom stereocenters. The number of aromatic nitrogens is 4. The maximum atomic E-state index is 13.5. The number of carbonyl (C=O) groups excluding carboxylic acids is 1. The van der Waals surface area contributed by atoms with Crippen molar-refractivity contribution in [2.75, 3.05) is 27.3 Å². The second kappa shape index (κ2) is 11.1. The van der Waals surface area contributed by atoms with Gasteiger partial charge in [0.05, 0.1) is 19.8 Å². The molecule has 4 aromatic rings. The summed E-state index contributed by atoms with van der Waals surface area (Å²) in [6, 6.07) is 12.0. The van der Waals surface area contributed by atoms with Crippen molar-refractivity contribution in [1.29, 1.82) is 0 Å². The highest BCUT2D eigenvalue weighted by atomic mass is 16.5. The number of methoxy groups -OCH3 is 2. The van der Waals surface area contributed by atoms with E-state index in [4.69, 9.17) is 14.5 Å². The first-order chi connectivity index (χ1) is 18.5. The Labute approximate surface area is 223 Å². The van der Waals surface area contributed by atoms with Crippen molar-refractivity contribution in [3.05, 3.63) is 95.1 Å². The van der Waals surface area contributed by atoms with E-state index in [2.05, 4.69) is 21.0 Å². The summed E-state index contributed by atoms with van der Waals surface area (Å²) in [7, 11) is 3.32. The normalized spacial score (nSPS) is 14.1. The summed E-state index contributed by atoms with van der Waals surface area (Å²) in [5.41, 5.74) is 5.16. The number of piperidine rings is 1. The van der Waals surface area contributed by atoms with E-state index >= 15 is 0 Å². The average Bonchev–Trinajstić information content (AvgIpc) is 3.52. The smallest absolute Gasteiger partial charge is 0.255 e. The fraction of sp³-hybridized carbons (Fsp3) is 0.367. The van der Waals surface area contributed by atoms with Crippen LogP contribution in [-0.4, -0.2) is 57.2 Å². The molecule has 1 fully saturated rings. The van der Waals surface area contributed by atoms with Crippen molar-refractivity contribution >= 4 is 5.91 Å². The number of imidazole rings is 1. The molecule has 0 aliphatic carbocycles. The average molecular weight is 514 g/mol. The third kappa shape index (κ3) is 5.30. The first-order valence-electron chi connectivity index (χ1n) is 13.0. The van der Waals surface area contributed by atoms with Gasteiger partial charge in [0.25, 0.3) is 5.91 Å². The van der Waals surface area contributed by atoms with Crippen LogP contribution in [0.4, 0.5) is 0 Å². The molecule has 8 heteroatoms. The molecule has 8 nitrogen and oxygen atoms in total. The lowest BCUT2D eigenvalue weighted by atomic mass is 9.95. The minimum atomic E-state index is 0.115. The zero-order chi connectivity index (χ0) is 26.6. The number of pyridine rings is 1. The zero-order valence-corrected chi connectivity index (χ0v) is 22.6. The molecule has 198 valence electrons. The van der Waals surface area contributed by atoms with E-state index in [0.29, 0.717) is 12.5 Å². The van der Waals surface area contributed by atoms with Crippen LogP contribution in [-0.2, 0) is 13.1 Å². The molecule has 0 saturated carbocycles. The molecule has 1 aromatic carbocycles. The van der Waals surface area contributed by atoms with Crippen molar-refractivity contribution in [1.82, 2.24) is 24.0 Å². The van der Waals surface area contributed by atoms with Crippen molar-refractivity contribution in [3.8, 4) is 11.5 Å². The van der Waals surface area contributed by atoms with Gasteiger partial charge in [-0.05, 0) is 68.1 Å². The Morgan fingerprint density at radius 2 is 1.61 bits per heavy atom. The van der Waals surface area contributed by atoms with Crippen LogP contribution in [0, 0.1) is 13.8 Å². The predicted molar refractivity (Wildman–Crippen MR) is 146 cm³/mol. The summed E-state index contributed by atoms with van der Waals surface area (Å²) < 4.78 is 15.3. The van der Waals surface area contributed by atoms with Crippen LogP contribution >= 0.6 is 0 Å². The lowest BCUT2D eigenvalue weighted by Crippen LogP contribution is -2.38. The summed E-state index contributed by atoms with van der Waals surface area (Å²) in [6.07, 6.45) is 9.27. The molecule has 0 radical (unpaired) electrons. The summed E-state index contributed by atoms with van der Waals surface area (Å²) in [4.78, 5) is 24.3. The minimum Gasteiger partial charge on any atom is -0.497 e. The molecule has 0 bridgehead atoms. The Kier molecular flexibility index (Phi) is 7.49. The van der Waals surface area contributed by atoms with Gasteiger partial charge in [-0.1, -0.05) is 0 Å². The van der Waals surface area contributed by atoms with Crippen LogP contribution in [0.3, 0.4) is 0 Å². The molecular formula is C30H35N5O3. The third-order valence-electron chi connectivity index (χ3n) is 7.55. The molecule has 0 spiro atoms. The van der Waals surface area contributed by atoms with Crippen LogP contribution < -0.4 is 9.47 Å². The quantitative estimate of drug-likeness (QED) is 0.337. The summed E-state index contributed by atoms with van der Waals surface area (Å²) in [5.74, 6) is 3.03. The molecule has 0 N–H and O–H groups in total. The number of hydrogen-bond donors (Lipinski definition) is 0. The van der Waals surface area contributed by atoms with Gasteiger partial charge < -0.3 is 23.5 Å². The van der Waals surface area contributed by atoms with E-state index in [1.165, 1.54) is 5.56 Å². The Hall–Kier alpha value is -4.07. The van der Waals surface area contributed by atoms with E-state index < -0.39 is 0 Å². The molecule has 5 rings (SSSR count). The molecule has 38 heavy (non-hydrogen) atoms. The Morgan fingerprint density at radius 3 is 2.26 bits per heavy atom. The first kappa shape index (κ1) is 25.6. The van der Waals surface area contributed by atoms with Gasteiger partial charge in [0.2, 0.25) is 0 Å². The molecule has 1 saturated heterocycles. The highest BCUT2D eigenvalue weighted by molar-refractivity contribution is 5.95. The second-order valence-corrected chi connectivity index (χ2v) is 9.93. The number of nitrogens with zero attached hydrogens (tertiary/aromatic N) is 5. The lowest BCUT2D eigenvalue weighted by Gasteiger charge is -2.32. The minimum absolute atomic E-state index is 0.115. The largest absolute Gasteiger partial charge is 0.497 e. The lowest BCUT2D eigenvalue weighted by molar-refractivity contribution is 0.0709. The van der Waals surface area contributed by atoms with E-state index in [1.54, 1.807) is 26.6 Å². The maximum absolute atomic E-state index is 13.5. The highest BCUT2D eigenvalue weighted by Crippen LogP contribution is 2.30. The Bertz CT molecular complexity index is 1380. The first-order valence-corrected chi connectivity index (χ1v) is 13.0. The predicted octanol–water partition coefficient (Wildman–Crippen LogP) is 4.83. The molecule has 1 aliphatic rings. The number of rotatable bonds is 8. The summed E-state index contributed by atoms with van der Waals surface area (Å²) >= 11 is 0. The topological polar surface area (TPSA) is 74.4 Å². The standard InChI is InChI=1S/C30H35N5O3/c1-21-15-28(22(2)35(21)20-23-5-9-31-10-6-23)30(36)33-12-7-25(8-13-33)29-32-11-14-34(29)19-24-16-26(37-3)18-27(17-24)38-4/h5-6,9-11,14-18,25H,7-8,12-13,19-20H2,1-4H3. The van der Waals surface area contributed by atoms with Crippen molar-refractivity contribution in [3.63, 3.8) is 0 Å². The van der Waals surface area contributed by atoms with Gasteiger partial charge in [-0.2, -0.15) is 0 Å². The number of carbonyl (C=O) groups is 1. The van der Waals surface area contributed by atoms with Crippen LogP contribution in [0.1, 0.15) is 57.5 Å².